The molecule has 0 saturated carbocycles. The highest BCUT2D eigenvalue weighted by molar-refractivity contribution is 5.87. The van der Waals surface area contributed by atoms with Crippen LogP contribution in [0, 0.1) is 0 Å². The van der Waals surface area contributed by atoms with Crippen molar-refractivity contribution in [2.75, 3.05) is 6.61 Å². The average molecular weight is 271 g/mol. The third kappa shape index (κ3) is 2.13. The second-order valence-corrected chi connectivity index (χ2v) is 4.30. The number of imidazole rings is 1. The van der Waals surface area contributed by atoms with Crippen LogP contribution in [-0.4, -0.2) is 36.7 Å². The van der Waals surface area contributed by atoms with Gasteiger partial charge in [0, 0.05) is 43.0 Å². The first-order chi connectivity index (χ1) is 9.67. The molecule has 0 spiro atoms. The second-order valence-electron chi connectivity index (χ2n) is 4.30. The largest absolute Gasteiger partial charge is 0.461 e. The summed E-state index contributed by atoms with van der Waals surface area (Å²) in [5, 5.41) is 4.12. The number of fused-ring (bicyclic) bond motifs is 1. The van der Waals surface area contributed by atoms with Crippen LogP contribution in [-0.2, 0) is 11.8 Å². The summed E-state index contributed by atoms with van der Waals surface area (Å²) in [5.41, 5.74) is 2.11. The summed E-state index contributed by atoms with van der Waals surface area (Å²) >= 11 is 0. The molecule has 0 saturated heterocycles. The molecule has 0 bridgehead atoms. The van der Waals surface area contributed by atoms with Crippen LogP contribution in [0.15, 0.2) is 31.0 Å². The Hall–Kier alpha value is -2.70. The zero-order valence-corrected chi connectivity index (χ0v) is 11.1. The third-order valence-electron chi connectivity index (χ3n) is 2.83. The van der Waals surface area contributed by atoms with E-state index in [4.69, 9.17) is 4.74 Å². The first-order valence-electron chi connectivity index (χ1n) is 6.18. The number of esters is 1. The summed E-state index contributed by atoms with van der Waals surface area (Å²) < 4.78 is 8.34. The summed E-state index contributed by atoms with van der Waals surface area (Å²) in [5.74, 6) is 0.0154. The summed E-state index contributed by atoms with van der Waals surface area (Å²) in [6.07, 6.45) is 8.82. The van der Waals surface area contributed by atoms with E-state index in [2.05, 4.69) is 15.1 Å². The lowest BCUT2D eigenvalue weighted by atomic mass is 10.2. The van der Waals surface area contributed by atoms with Gasteiger partial charge in [0.25, 0.3) is 0 Å². The molecule has 3 heterocycles. The van der Waals surface area contributed by atoms with Gasteiger partial charge in [-0.25, -0.2) is 14.8 Å². The van der Waals surface area contributed by atoms with Crippen LogP contribution >= 0.6 is 0 Å². The van der Waals surface area contributed by atoms with Crippen LogP contribution in [0.2, 0.25) is 0 Å². The van der Waals surface area contributed by atoms with Gasteiger partial charge in [-0.15, -0.1) is 0 Å². The molecule has 3 aromatic rings. The van der Waals surface area contributed by atoms with Crippen molar-refractivity contribution in [2.24, 2.45) is 7.05 Å². The Balaban J connectivity index is 2.01. The summed E-state index contributed by atoms with van der Waals surface area (Å²) in [7, 11) is 1.85. The van der Waals surface area contributed by atoms with Gasteiger partial charge in [-0.2, -0.15) is 5.10 Å². The third-order valence-corrected chi connectivity index (χ3v) is 2.83. The molecule has 7 nitrogen and oxygen atoms in total. The summed E-state index contributed by atoms with van der Waals surface area (Å²) in [6.45, 7) is 2.08. The molecule has 3 aromatic heterocycles. The predicted octanol–water partition coefficient (Wildman–Crippen LogP) is 1.31. The van der Waals surface area contributed by atoms with Crippen LogP contribution in [0.5, 0.6) is 0 Å². The van der Waals surface area contributed by atoms with Crippen molar-refractivity contribution in [2.45, 2.75) is 6.92 Å². The molecular formula is C13H13N5O2. The Morgan fingerprint density at radius 2 is 2.05 bits per heavy atom. The van der Waals surface area contributed by atoms with Crippen LogP contribution in [0.1, 0.15) is 17.4 Å². The topological polar surface area (TPSA) is 74.3 Å². The highest BCUT2D eigenvalue weighted by atomic mass is 16.5. The zero-order chi connectivity index (χ0) is 14.1. The van der Waals surface area contributed by atoms with Crippen molar-refractivity contribution in [1.82, 2.24) is 24.1 Å². The number of aryl methyl sites for hydroxylation is 1. The molecule has 0 aliphatic heterocycles. The predicted molar refractivity (Wildman–Crippen MR) is 71.1 cm³/mol. The van der Waals surface area contributed by atoms with E-state index < -0.39 is 5.97 Å². The van der Waals surface area contributed by atoms with Crippen LogP contribution < -0.4 is 0 Å². The Bertz CT molecular complexity index is 774. The number of hydrogen-bond acceptors (Lipinski definition) is 5. The van der Waals surface area contributed by atoms with Gasteiger partial charge in [0.15, 0.2) is 5.69 Å². The SMILES string of the molecule is CCOC(=O)c1cn2cc(-c3cnn(C)c3)cnc2n1. The average Bonchev–Trinajstić information content (AvgIpc) is 3.04. The molecule has 0 aliphatic rings. The maximum atomic E-state index is 11.6. The second kappa shape index (κ2) is 4.76. The van der Waals surface area contributed by atoms with Crippen molar-refractivity contribution < 1.29 is 9.53 Å². The first-order valence-corrected chi connectivity index (χ1v) is 6.18. The van der Waals surface area contributed by atoms with Crippen molar-refractivity contribution in [3.63, 3.8) is 0 Å². The van der Waals surface area contributed by atoms with E-state index in [0.29, 0.717) is 12.4 Å². The number of aromatic nitrogens is 5. The van der Waals surface area contributed by atoms with Crippen molar-refractivity contribution >= 4 is 11.7 Å². The standard InChI is InChI=1S/C13H13N5O2/c1-3-20-12(19)11-8-18-7-9(4-14-13(18)16-11)10-5-15-17(2)6-10/h4-8H,3H2,1-2H3. The molecule has 0 N–H and O–H groups in total. The summed E-state index contributed by atoms with van der Waals surface area (Å²) in [6, 6.07) is 0. The van der Waals surface area contributed by atoms with Crippen LogP contribution in [0.3, 0.4) is 0 Å². The Morgan fingerprint density at radius 3 is 2.75 bits per heavy atom. The molecule has 0 amide bonds. The number of nitrogens with zero attached hydrogens (tertiary/aromatic N) is 5. The van der Waals surface area contributed by atoms with Gasteiger partial charge >= 0.3 is 5.97 Å². The zero-order valence-electron chi connectivity index (χ0n) is 11.1. The monoisotopic (exact) mass is 271 g/mol. The quantitative estimate of drug-likeness (QED) is 0.671. The van der Waals surface area contributed by atoms with Crippen LogP contribution in [0.25, 0.3) is 16.9 Å². The highest BCUT2D eigenvalue weighted by Crippen LogP contribution is 2.17. The van der Waals surface area contributed by atoms with E-state index in [9.17, 15) is 4.79 Å². The minimum atomic E-state index is -0.444. The molecule has 3 rings (SSSR count). The fourth-order valence-corrected chi connectivity index (χ4v) is 1.91. The normalized spacial score (nSPS) is 10.9. The van der Waals surface area contributed by atoms with E-state index in [-0.39, 0.29) is 5.69 Å². The van der Waals surface area contributed by atoms with E-state index >= 15 is 0 Å². The number of rotatable bonds is 3. The van der Waals surface area contributed by atoms with Gasteiger partial charge in [0.2, 0.25) is 5.78 Å². The Morgan fingerprint density at radius 1 is 1.25 bits per heavy atom. The lowest BCUT2D eigenvalue weighted by molar-refractivity contribution is 0.0520. The molecule has 0 aliphatic carbocycles. The highest BCUT2D eigenvalue weighted by Gasteiger charge is 2.13. The fraction of sp³-hybridized carbons (Fsp3) is 0.231. The number of hydrogen-bond donors (Lipinski definition) is 0. The van der Waals surface area contributed by atoms with Gasteiger partial charge < -0.3 is 4.74 Å². The minimum Gasteiger partial charge on any atom is -0.461 e. The van der Waals surface area contributed by atoms with Gasteiger partial charge in [-0.3, -0.25) is 9.08 Å². The maximum absolute atomic E-state index is 11.6. The molecule has 7 heteroatoms. The first kappa shape index (κ1) is 12.3. The van der Waals surface area contributed by atoms with Crippen molar-refractivity contribution in [1.29, 1.82) is 0 Å². The van der Waals surface area contributed by atoms with Crippen molar-refractivity contribution in [3.05, 3.63) is 36.7 Å². The minimum absolute atomic E-state index is 0.252. The molecule has 0 radical (unpaired) electrons. The van der Waals surface area contributed by atoms with Gasteiger partial charge in [0.1, 0.15) is 0 Å². The molecule has 0 unspecified atom stereocenters. The summed E-state index contributed by atoms with van der Waals surface area (Å²) in [4.78, 5) is 20.0. The molecule has 102 valence electrons. The Kier molecular flexibility index (Phi) is 2.94. The lowest BCUT2D eigenvalue weighted by Crippen LogP contribution is -2.04. The van der Waals surface area contributed by atoms with E-state index in [1.54, 1.807) is 34.6 Å². The molecule has 20 heavy (non-hydrogen) atoms. The maximum Gasteiger partial charge on any atom is 0.358 e. The van der Waals surface area contributed by atoms with Gasteiger partial charge in [0.05, 0.1) is 12.8 Å². The Labute approximate surface area is 114 Å². The van der Waals surface area contributed by atoms with Crippen molar-refractivity contribution in [3.8, 4) is 11.1 Å². The number of carbonyl (C=O) groups excluding carboxylic acids is 1. The molecule has 0 aromatic carbocycles. The number of carbonyl (C=O) groups is 1. The smallest absolute Gasteiger partial charge is 0.358 e. The lowest BCUT2D eigenvalue weighted by Gasteiger charge is -1.97. The van der Waals surface area contributed by atoms with Gasteiger partial charge in [-0.05, 0) is 6.92 Å². The fourth-order valence-electron chi connectivity index (χ4n) is 1.91. The molecular weight excluding hydrogens is 258 g/mol. The van der Waals surface area contributed by atoms with Gasteiger partial charge in [-0.1, -0.05) is 0 Å². The van der Waals surface area contributed by atoms with E-state index in [1.807, 2.05) is 19.4 Å². The van der Waals surface area contributed by atoms with E-state index in [1.165, 1.54) is 0 Å². The molecule has 0 fully saturated rings. The number of ether oxygens (including phenoxy) is 1. The van der Waals surface area contributed by atoms with Crippen LogP contribution in [0.4, 0.5) is 0 Å². The molecule has 0 atom stereocenters. The van der Waals surface area contributed by atoms with E-state index in [0.717, 1.165) is 11.1 Å².